The van der Waals surface area contributed by atoms with Gasteiger partial charge in [0, 0.05) is 6.08 Å². The molecular formula is C34H60O11. The molecule has 1 rings (SSSR count). The fraction of sp³-hybridized carbons (Fsp3) is 0.735. The van der Waals surface area contributed by atoms with Crippen LogP contribution in [0.15, 0.2) is 43.0 Å². The van der Waals surface area contributed by atoms with Crippen LogP contribution in [0.1, 0.15) is 63.9 Å². The lowest BCUT2D eigenvalue weighted by Gasteiger charge is -2.29. The molecule has 0 radical (unpaired) electrons. The van der Waals surface area contributed by atoms with E-state index in [1.165, 1.54) is 32.1 Å². The molecule has 0 aromatic heterocycles. The Morgan fingerprint density at radius 1 is 0.667 bits per heavy atom. The van der Waals surface area contributed by atoms with E-state index in [0.717, 1.165) is 24.5 Å². The van der Waals surface area contributed by atoms with E-state index in [4.69, 9.17) is 43.4 Å². The summed E-state index contributed by atoms with van der Waals surface area (Å²) in [7, 11) is 0. The smallest absolute Gasteiger partial charge is 0.327 e. The van der Waals surface area contributed by atoms with Crippen molar-refractivity contribution < 1.29 is 53.3 Å². The average molecular weight is 645 g/mol. The van der Waals surface area contributed by atoms with Crippen molar-refractivity contribution in [1.29, 1.82) is 0 Å². The molecular weight excluding hydrogens is 584 g/mol. The quantitative estimate of drug-likeness (QED) is 0.0760. The number of aliphatic hydroxyl groups is 2. The minimum Gasteiger partial charge on any atom is -0.478 e. The predicted molar refractivity (Wildman–Crippen MR) is 174 cm³/mol. The van der Waals surface area contributed by atoms with Gasteiger partial charge in [0.15, 0.2) is 0 Å². The highest BCUT2D eigenvalue weighted by atomic mass is 16.6. The molecule has 0 aliphatic heterocycles. The number of carboxylic acids is 1. The highest BCUT2D eigenvalue weighted by Gasteiger charge is 2.29. The molecule has 11 nitrogen and oxygen atoms in total. The zero-order chi connectivity index (χ0) is 33.1. The minimum absolute atomic E-state index is 0.0272. The van der Waals surface area contributed by atoms with Gasteiger partial charge in [0.05, 0.1) is 99.1 Å². The van der Waals surface area contributed by atoms with Crippen LogP contribution in [0.3, 0.4) is 0 Å². The number of hydrogen-bond donors (Lipinski definition) is 3. The van der Waals surface area contributed by atoms with Crippen LogP contribution in [0.4, 0.5) is 0 Å². The number of hydrogen-bond acceptors (Lipinski definition) is 10. The first kappa shape index (κ1) is 43.1. The van der Waals surface area contributed by atoms with Crippen molar-refractivity contribution in [3.63, 3.8) is 0 Å². The lowest BCUT2D eigenvalue weighted by molar-refractivity contribution is -0.131. The van der Waals surface area contributed by atoms with Gasteiger partial charge in [0.1, 0.15) is 5.60 Å². The van der Waals surface area contributed by atoms with Crippen molar-refractivity contribution in [3.05, 3.63) is 48.6 Å². The van der Waals surface area contributed by atoms with Gasteiger partial charge in [-0.3, -0.25) is 0 Å². The van der Waals surface area contributed by atoms with Crippen LogP contribution in [-0.4, -0.2) is 120 Å². The number of carboxylic acid groups (broad SMARTS) is 1. The first-order valence-corrected chi connectivity index (χ1v) is 16.3. The monoisotopic (exact) mass is 644 g/mol. The van der Waals surface area contributed by atoms with Gasteiger partial charge in [-0.2, -0.15) is 0 Å². The Balaban J connectivity index is 0.00000356. The number of carbonyl (C=O) groups is 1. The maximum absolute atomic E-state index is 11.4. The lowest BCUT2D eigenvalue weighted by atomic mass is 9.89. The maximum Gasteiger partial charge on any atom is 0.327 e. The van der Waals surface area contributed by atoms with Crippen LogP contribution in [0.5, 0.6) is 0 Å². The van der Waals surface area contributed by atoms with E-state index >= 15 is 0 Å². The van der Waals surface area contributed by atoms with Crippen LogP contribution in [0.25, 0.3) is 0 Å². The number of ether oxygens (including phenoxy) is 7. The third-order valence-corrected chi connectivity index (χ3v) is 6.49. The normalized spacial score (nSPS) is 12.3. The summed E-state index contributed by atoms with van der Waals surface area (Å²) in [6, 6.07) is 9.85. The van der Waals surface area contributed by atoms with Crippen LogP contribution in [0, 0.1) is 0 Å². The van der Waals surface area contributed by atoms with Crippen LogP contribution in [-0.2, 0) is 43.6 Å². The van der Waals surface area contributed by atoms with E-state index < -0.39 is 11.6 Å². The Kier molecular flexibility index (Phi) is 32.0. The first-order valence-electron chi connectivity index (χ1n) is 16.3. The Hall–Kier alpha value is -1.93. The molecule has 1 atom stereocenters. The largest absolute Gasteiger partial charge is 0.478 e. The van der Waals surface area contributed by atoms with Gasteiger partial charge in [0.2, 0.25) is 0 Å². The summed E-state index contributed by atoms with van der Waals surface area (Å²) in [6.45, 7) is 11.7. The van der Waals surface area contributed by atoms with Gasteiger partial charge < -0.3 is 48.5 Å². The number of aliphatic hydroxyl groups excluding tert-OH is 1. The zero-order valence-corrected chi connectivity index (χ0v) is 27.5. The van der Waals surface area contributed by atoms with Crippen molar-refractivity contribution in [2.24, 2.45) is 0 Å². The standard InChI is InChI=1S/C31H56O9.C3H4O2/c1-2-3-4-5-6-7-11-14-31(33,30-12-9-8-10-13-30)29-40-28-27-39-26-25-38-24-23-37-22-21-36-20-19-35-18-17-34-16-15-32;1-2-3(4)5/h8-10,12-13,32-33H,2-7,11,14-29H2,1H3;2H,1H2,(H,4,5). The van der Waals surface area contributed by atoms with E-state index in [1.54, 1.807) is 0 Å². The number of aliphatic carboxylic acids is 1. The number of benzene rings is 1. The summed E-state index contributed by atoms with van der Waals surface area (Å²) in [5.74, 6) is -0.981. The van der Waals surface area contributed by atoms with E-state index in [1.807, 2.05) is 30.3 Å². The molecule has 3 N–H and O–H groups in total. The Labute approximate surface area is 270 Å². The van der Waals surface area contributed by atoms with Gasteiger partial charge >= 0.3 is 5.97 Å². The van der Waals surface area contributed by atoms with Crippen molar-refractivity contribution in [2.75, 3.05) is 99.1 Å². The fourth-order valence-electron chi connectivity index (χ4n) is 4.05. The Morgan fingerprint density at radius 3 is 1.44 bits per heavy atom. The predicted octanol–water partition coefficient (Wildman–Crippen LogP) is 4.38. The molecule has 0 aliphatic rings. The van der Waals surface area contributed by atoms with Gasteiger partial charge in [-0.15, -0.1) is 0 Å². The molecule has 45 heavy (non-hydrogen) atoms. The summed E-state index contributed by atoms with van der Waals surface area (Å²) in [6.07, 6.45) is 10.0. The molecule has 0 fully saturated rings. The molecule has 0 heterocycles. The van der Waals surface area contributed by atoms with E-state index in [0.29, 0.717) is 92.3 Å². The second-order valence-corrected chi connectivity index (χ2v) is 10.3. The summed E-state index contributed by atoms with van der Waals surface area (Å²) < 4.78 is 38.3. The van der Waals surface area contributed by atoms with Crippen LogP contribution >= 0.6 is 0 Å². The number of rotatable bonds is 32. The Morgan fingerprint density at radius 2 is 1.04 bits per heavy atom. The molecule has 1 aromatic rings. The van der Waals surface area contributed by atoms with Crippen LogP contribution < -0.4 is 0 Å². The van der Waals surface area contributed by atoms with Gasteiger partial charge in [-0.25, -0.2) is 4.79 Å². The summed E-state index contributed by atoms with van der Waals surface area (Å²) in [5.41, 5.74) is -0.0574. The second-order valence-electron chi connectivity index (χ2n) is 10.3. The molecule has 1 unspecified atom stereocenters. The average Bonchev–Trinajstić information content (AvgIpc) is 3.05. The third kappa shape index (κ3) is 29.2. The third-order valence-electron chi connectivity index (χ3n) is 6.49. The molecule has 11 heteroatoms. The summed E-state index contributed by atoms with van der Waals surface area (Å²) in [5, 5.41) is 27.6. The second kappa shape index (κ2) is 33.4. The van der Waals surface area contributed by atoms with Gasteiger partial charge in [0.25, 0.3) is 0 Å². The minimum atomic E-state index is -0.981. The summed E-state index contributed by atoms with van der Waals surface area (Å²) >= 11 is 0. The van der Waals surface area contributed by atoms with E-state index in [-0.39, 0.29) is 13.2 Å². The fourth-order valence-corrected chi connectivity index (χ4v) is 4.05. The zero-order valence-electron chi connectivity index (χ0n) is 27.5. The lowest BCUT2D eigenvalue weighted by Crippen LogP contribution is -2.32. The SMILES string of the molecule is C=CC(=O)O.CCCCCCCCCC(O)(COCCOCCOCCOCCOCCOCCOCCO)c1ccccc1. The highest BCUT2D eigenvalue weighted by molar-refractivity contribution is 5.78. The topological polar surface area (TPSA) is 142 Å². The van der Waals surface area contributed by atoms with Crippen LogP contribution in [0.2, 0.25) is 0 Å². The molecule has 0 amide bonds. The molecule has 262 valence electrons. The molecule has 0 spiro atoms. The van der Waals surface area contributed by atoms with Gasteiger partial charge in [-0.05, 0) is 12.0 Å². The molecule has 1 aromatic carbocycles. The van der Waals surface area contributed by atoms with Crippen molar-refractivity contribution >= 4 is 5.97 Å². The summed E-state index contributed by atoms with van der Waals surface area (Å²) in [4.78, 5) is 9.25. The highest BCUT2D eigenvalue weighted by Crippen LogP contribution is 2.28. The molecule has 0 saturated heterocycles. The molecule has 0 aliphatic carbocycles. The Bertz CT molecular complexity index is 766. The molecule has 0 saturated carbocycles. The van der Waals surface area contributed by atoms with E-state index in [2.05, 4.69) is 13.5 Å². The maximum atomic E-state index is 11.4. The van der Waals surface area contributed by atoms with Crippen molar-refractivity contribution in [1.82, 2.24) is 0 Å². The molecule has 0 bridgehead atoms. The number of unbranched alkanes of at least 4 members (excludes halogenated alkanes) is 6. The first-order chi connectivity index (χ1) is 22.0. The van der Waals surface area contributed by atoms with Crippen molar-refractivity contribution in [2.45, 2.75) is 63.9 Å². The van der Waals surface area contributed by atoms with Crippen molar-refractivity contribution in [3.8, 4) is 0 Å². The van der Waals surface area contributed by atoms with Gasteiger partial charge in [-0.1, -0.05) is 88.8 Å². The van der Waals surface area contributed by atoms with E-state index in [9.17, 15) is 9.90 Å².